The average molecular weight is 757 g/mol. The predicted molar refractivity (Wildman–Crippen MR) is 177 cm³/mol. The van der Waals surface area contributed by atoms with Crippen LogP contribution in [0.4, 0.5) is 26.3 Å². The van der Waals surface area contributed by atoms with Crippen molar-refractivity contribution in [3.05, 3.63) is 107 Å². The van der Waals surface area contributed by atoms with Gasteiger partial charge in [0.05, 0.1) is 46.6 Å². The molecule has 2 fully saturated rings. The van der Waals surface area contributed by atoms with Crippen molar-refractivity contribution in [2.24, 2.45) is 5.92 Å². The standard InChI is InChI=1S/C36H30F6N6O4S/c37-21-13-19(14-22(38)16-21)15-28(43-29(49)18-48-34-30(33(46-48)35(39)40)24-17-25(24)36(34,41)42)32-31(44-26-3-1-2-4-27(26)45-32)20-5-7-23(8-6-20)53(50,51)47-9-11-52-12-10-47/h1-8,13-14,16,24-25,28,35H,9-12,15,17-18H2,(H,43,49)/t24-,25+,28?/m0/s1. The molecule has 3 aromatic carbocycles. The van der Waals surface area contributed by atoms with Gasteiger partial charge in [0.25, 0.3) is 12.3 Å². The molecule has 17 heteroatoms. The van der Waals surface area contributed by atoms with E-state index in [0.29, 0.717) is 27.3 Å². The Morgan fingerprint density at radius 2 is 1.60 bits per heavy atom. The number of nitrogens with one attached hydrogen (secondary N) is 1. The number of sulfonamides is 1. The second-order valence-electron chi connectivity index (χ2n) is 13.3. The lowest BCUT2D eigenvalue weighted by molar-refractivity contribution is -0.123. The normalized spacial score (nSPS) is 20.0. The zero-order chi connectivity index (χ0) is 37.2. The first-order chi connectivity index (χ1) is 25.3. The molecule has 1 aliphatic heterocycles. The van der Waals surface area contributed by atoms with Crippen molar-refractivity contribution in [2.75, 3.05) is 26.3 Å². The summed E-state index contributed by atoms with van der Waals surface area (Å²) in [5, 5.41) is 6.45. The highest BCUT2D eigenvalue weighted by Crippen LogP contribution is 2.68. The molecular weight excluding hydrogens is 726 g/mol. The second-order valence-corrected chi connectivity index (χ2v) is 15.2. The second kappa shape index (κ2) is 13.2. The van der Waals surface area contributed by atoms with Crippen LogP contribution >= 0.6 is 0 Å². The fourth-order valence-electron chi connectivity index (χ4n) is 7.32. The quantitative estimate of drug-likeness (QED) is 0.173. The molecule has 3 atom stereocenters. The number of morpholine rings is 1. The van der Waals surface area contributed by atoms with E-state index in [9.17, 15) is 30.8 Å². The van der Waals surface area contributed by atoms with Crippen LogP contribution in [0.5, 0.6) is 0 Å². The lowest BCUT2D eigenvalue weighted by Crippen LogP contribution is -2.40. The number of benzene rings is 3. The van der Waals surface area contributed by atoms with Crippen molar-refractivity contribution >= 4 is 27.0 Å². The smallest absolute Gasteiger partial charge is 0.293 e. The zero-order valence-corrected chi connectivity index (χ0v) is 28.5. The minimum Gasteiger partial charge on any atom is -0.379 e. The van der Waals surface area contributed by atoms with Gasteiger partial charge < -0.3 is 10.1 Å². The van der Waals surface area contributed by atoms with E-state index in [-0.39, 0.29) is 66.6 Å². The number of rotatable bonds is 10. The van der Waals surface area contributed by atoms with Crippen LogP contribution in [0.2, 0.25) is 0 Å². The van der Waals surface area contributed by atoms with Crippen LogP contribution in [0.15, 0.2) is 71.6 Å². The van der Waals surface area contributed by atoms with Gasteiger partial charge in [0.2, 0.25) is 15.9 Å². The molecule has 2 aromatic heterocycles. The van der Waals surface area contributed by atoms with E-state index in [2.05, 4.69) is 10.4 Å². The maximum absolute atomic E-state index is 15.3. The predicted octanol–water partition coefficient (Wildman–Crippen LogP) is 6.04. The number of carbonyl (C=O) groups is 1. The van der Waals surface area contributed by atoms with Gasteiger partial charge in [-0.3, -0.25) is 9.48 Å². The van der Waals surface area contributed by atoms with E-state index >= 15 is 8.78 Å². The van der Waals surface area contributed by atoms with Crippen molar-refractivity contribution in [2.45, 2.75) is 48.6 Å². The maximum atomic E-state index is 15.3. The first kappa shape index (κ1) is 35.2. The Morgan fingerprint density at radius 3 is 2.26 bits per heavy atom. The molecule has 5 aromatic rings. The average Bonchev–Trinajstić information content (AvgIpc) is 3.79. The van der Waals surface area contributed by atoms with Gasteiger partial charge in [0.15, 0.2) is 0 Å². The summed E-state index contributed by atoms with van der Waals surface area (Å²) in [5.74, 6) is -8.05. The van der Waals surface area contributed by atoms with Gasteiger partial charge in [-0.2, -0.15) is 18.2 Å². The van der Waals surface area contributed by atoms with Gasteiger partial charge in [0, 0.05) is 36.2 Å². The molecule has 1 amide bonds. The van der Waals surface area contributed by atoms with Crippen LogP contribution in [0, 0.1) is 17.6 Å². The minimum atomic E-state index is -3.85. The molecule has 8 rings (SSSR count). The Morgan fingerprint density at radius 1 is 0.943 bits per heavy atom. The molecule has 1 unspecified atom stereocenters. The van der Waals surface area contributed by atoms with E-state index in [1.807, 2.05) is 0 Å². The summed E-state index contributed by atoms with van der Waals surface area (Å²) in [7, 11) is -3.85. The Bertz CT molecular complexity index is 2330. The van der Waals surface area contributed by atoms with Crippen LogP contribution in [-0.4, -0.2) is 64.7 Å². The van der Waals surface area contributed by atoms with Crippen molar-refractivity contribution in [1.82, 2.24) is 29.4 Å². The molecule has 276 valence electrons. The Labute approximate surface area is 298 Å². The van der Waals surface area contributed by atoms with Gasteiger partial charge in [-0.1, -0.05) is 24.3 Å². The number of ether oxygens (including phenoxy) is 1. The highest BCUT2D eigenvalue weighted by atomic mass is 32.2. The molecule has 0 bridgehead atoms. The van der Waals surface area contributed by atoms with E-state index in [1.165, 1.54) is 28.6 Å². The van der Waals surface area contributed by atoms with Gasteiger partial charge in [-0.05, 0) is 60.7 Å². The molecule has 3 heterocycles. The van der Waals surface area contributed by atoms with Gasteiger partial charge >= 0.3 is 0 Å². The molecule has 3 aliphatic rings. The fraction of sp³-hybridized carbons (Fsp3) is 0.333. The topological polar surface area (TPSA) is 119 Å². The Kier molecular flexibility index (Phi) is 8.77. The summed E-state index contributed by atoms with van der Waals surface area (Å²) >= 11 is 0. The lowest BCUT2D eigenvalue weighted by atomic mass is 9.98. The number of hydrogen-bond donors (Lipinski definition) is 1. The zero-order valence-electron chi connectivity index (χ0n) is 27.7. The van der Waals surface area contributed by atoms with Crippen molar-refractivity contribution < 1.29 is 44.3 Å². The van der Waals surface area contributed by atoms with Gasteiger partial charge in [-0.15, -0.1) is 0 Å². The summed E-state index contributed by atoms with van der Waals surface area (Å²) in [6, 6.07) is 14.2. The fourth-order valence-corrected chi connectivity index (χ4v) is 8.73. The van der Waals surface area contributed by atoms with Crippen molar-refractivity contribution in [1.29, 1.82) is 0 Å². The van der Waals surface area contributed by atoms with Gasteiger partial charge in [0.1, 0.15) is 29.6 Å². The number of aromatic nitrogens is 4. The van der Waals surface area contributed by atoms with Crippen LogP contribution in [0.1, 0.15) is 53.0 Å². The number of hydrogen-bond acceptors (Lipinski definition) is 7. The number of halogens is 6. The highest BCUT2D eigenvalue weighted by molar-refractivity contribution is 7.89. The number of fused-ring (bicyclic) bond motifs is 4. The van der Waals surface area contributed by atoms with E-state index in [0.717, 1.165) is 12.1 Å². The number of nitrogens with zero attached hydrogens (tertiary/aromatic N) is 5. The summed E-state index contributed by atoms with van der Waals surface area (Å²) < 4.78 is 121. The monoisotopic (exact) mass is 756 g/mol. The molecule has 0 radical (unpaired) electrons. The largest absolute Gasteiger partial charge is 0.379 e. The molecule has 2 aliphatic carbocycles. The SMILES string of the molecule is O=C(Cn1nc(C(F)F)c2c1C(F)(F)[C@@H]1C[C@H]21)NC(Cc1cc(F)cc(F)c1)c1nc2ccccc2nc1-c1ccc(S(=O)(=O)N2CCOCC2)cc1. The Hall–Kier alpha value is -4.87. The summed E-state index contributed by atoms with van der Waals surface area (Å²) in [5.41, 5.74) is -0.128. The number of para-hydroxylation sites is 2. The molecule has 10 nitrogen and oxygen atoms in total. The molecule has 1 N–H and O–H groups in total. The lowest BCUT2D eigenvalue weighted by Gasteiger charge is -2.26. The summed E-state index contributed by atoms with van der Waals surface area (Å²) in [6.45, 7) is 0.0410. The van der Waals surface area contributed by atoms with Crippen molar-refractivity contribution in [3.8, 4) is 11.3 Å². The first-order valence-corrected chi connectivity index (χ1v) is 18.2. The van der Waals surface area contributed by atoms with E-state index in [1.54, 1.807) is 24.3 Å². The third-order valence-corrected chi connectivity index (χ3v) is 11.7. The van der Waals surface area contributed by atoms with Crippen molar-refractivity contribution in [3.63, 3.8) is 0 Å². The highest BCUT2D eigenvalue weighted by Gasteiger charge is 2.67. The molecule has 0 spiro atoms. The molecule has 1 saturated heterocycles. The molecular formula is C36H30F6N6O4S. The number of amides is 1. The van der Waals surface area contributed by atoms with Gasteiger partial charge in [-0.25, -0.2) is 35.9 Å². The first-order valence-electron chi connectivity index (χ1n) is 16.8. The van der Waals surface area contributed by atoms with Crippen LogP contribution < -0.4 is 5.32 Å². The molecule has 1 saturated carbocycles. The Balaban J connectivity index is 1.19. The van der Waals surface area contributed by atoms with Crippen LogP contribution in [0.25, 0.3) is 22.3 Å². The summed E-state index contributed by atoms with van der Waals surface area (Å²) in [6.07, 6.45) is -3.35. The van der Waals surface area contributed by atoms with E-state index in [4.69, 9.17) is 14.7 Å². The molecule has 53 heavy (non-hydrogen) atoms. The summed E-state index contributed by atoms with van der Waals surface area (Å²) in [4.78, 5) is 23.3. The minimum absolute atomic E-state index is 0.0166. The van der Waals surface area contributed by atoms with Crippen LogP contribution in [0.3, 0.4) is 0 Å². The van der Waals surface area contributed by atoms with Crippen LogP contribution in [-0.2, 0) is 38.4 Å². The number of carbonyl (C=O) groups excluding carboxylic acids is 1. The number of alkyl halides is 4. The maximum Gasteiger partial charge on any atom is 0.293 e. The van der Waals surface area contributed by atoms with E-state index < -0.39 is 75.7 Å². The third kappa shape index (κ3) is 6.44. The third-order valence-electron chi connectivity index (χ3n) is 9.82.